The second kappa shape index (κ2) is 3.14. The van der Waals surface area contributed by atoms with Crippen LogP contribution in [0.5, 0.6) is 0 Å². The van der Waals surface area contributed by atoms with Crippen molar-refractivity contribution in [2.24, 2.45) is 5.92 Å². The van der Waals surface area contributed by atoms with Gasteiger partial charge in [0.15, 0.2) is 0 Å². The molecule has 0 aromatic carbocycles. The van der Waals surface area contributed by atoms with Gasteiger partial charge in [0.25, 0.3) is 0 Å². The second-order valence-electron chi connectivity index (χ2n) is 3.48. The van der Waals surface area contributed by atoms with Gasteiger partial charge < -0.3 is 0 Å². The summed E-state index contributed by atoms with van der Waals surface area (Å²) in [6.45, 7) is 0. The maximum absolute atomic E-state index is 3.52. The Morgan fingerprint density at radius 3 is 2.45 bits per heavy atom. The summed E-state index contributed by atoms with van der Waals surface area (Å²) in [7, 11) is 0. The fourth-order valence-electron chi connectivity index (χ4n) is 1.75. The van der Waals surface area contributed by atoms with Crippen LogP contribution in [0, 0.1) is 5.92 Å². The molecule has 0 atom stereocenters. The van der Waals surface area contributed by atoms with E-state index in [1.807, 2.05) is 0 Å². The normalized spacial score (nSPS) is 25.5. The van der Waals surface area contributed by atoms with Crippen molar-refractivity contribution in [2.75, 3.05) is 0 Å². The van der Waals surface area contributed by atoms with Crippen molar-refractivity contribution in [1.29, 1.82) is 0 Å². The fraction of sp³-hybridized carbons (Fsp3) is 0.600. The number of allylic oxidation sites excluding steroid dienone is 4. The molecule has 0 nitrogen and oxygen atoms in total. The minimum absolute atomic E-state index is 0.951. The van der Waals surface area contributed by atoms with Crippen molar-refractivity contribution in [2.45, 2.75) is 32.1 Å². The molecule has 0 radical (unpaired) electrons. The van der Waals surface area contributed by atoms with Gasteiger partial charge in [0.05, 0.1) is 0 Å². The minimum Gasteiger partial charge on any atom is -0.0667 e. The fourth-order valence-corrected chi connectivity index (χ4v) is 2.08. The van der Waals surface area contributed by atoms with Crippen LogP contribution in [0.4, 0.5) is 0 Å². The van der Waals surface area contributed by atoms with E-state index >= 15 is 0 Å². The van der Waals surface area contributed by atoms with E-state index in [2.05, 4.69) is 28.1 Å². The number of rotatable bonds is 1. The van der Waals surface area contributed by atoms with Crippen LogP contribution in [0.2, 0.25) is 0 Å². The molecule has 1 saturated carbocycles. The first-order valence-electron chi connectivity index (χ1n) is 4.41. The third kappa shape index (κ3) is 1.58. The van der Waals surface area contributed by atoms with Crippen molar-refractivity contribution >= 4 is 15.9 Å². The van der Waals surface area contributed by atoms with Gasteiger partial charge in [0.1, 0.15) is 0 Å². The number of hydrogen-bond donors (Lipinski definition) is 0. The highest BCUT2D eigenvalue weighted by molar-refractivity contribution is 9.11. The summed E-state index contributed by atoms with van der Waals surface area (Å²) in [5.41, 5.74) is 1.69. The molecule has 0 spiro atoms. The Morgan fingerprint density at radius 1 is 1.18 bits per heavy atom. The van der Waals surface area contributed by atoms with E-state index in [-0.39, 0.29) is 0 Å². The summed E-state index contributed by atoms with van der Waals surface area (Å²) in [5, 5.41) is 0. The van der Waals surface area contributed by atoms with Gasteiger partial charge >= 0.3 is 0 Å². The van der Waals surface area contributed by atoms with E-state index < -0.39 is 0 Å². The van der Waals surface area contributed by atoms with Gasteiger partial charge in [0, 0.05) is 0 Å². The lowest BCUT2D eigenvalue weighted by molar-refractivity contribution is 0.358. The molecule has 0 unspecified atom stereocenters. The number of halogens is 1. The zero-order valence-corrected chi connectivity index (χ0v) is 8.23. The molecule has 2 aliphatic carbocycles. The first-order chi connectivity index (χ1) is 5.36. The molecule has 0 aliphatic heterocycles. The molecule has 0 aromatic rings. The summed E-state index contributed by atoms with van der Waals surface area (Å²) < 4.78 is 1.36. The molecule has 0 amide bonds. The lowest BCUT2D eigenvalue weighted by Gasteiger charge is -2.29. The summed E-state index contributed by atoms with van der Waals surface area (Å²) in [4.78, 5) is 0. The molecule has 0 heterocycles. The molecular formula is C10H13Br. The Balaban J connectivity index is 2.03. The maximum atomic E-state index is 3.52. The average molecular weight is 213 g/mol. The van der Waals surface area contributed by atoms with Crippen LogP contribution in [0.15, 0.2) is 22.2 Å². The van der Waals surface area contributed by atoms with Crippen LogP contribution in [-0.2, 0) is 0 Å². The van der Waals surface area contributed by atoms with Crippen LogP contribution in [0.1, 0.15) is 32.1 Å². The van der Waals surface area contributed by atoms with Gasteiger partial charge in [-0.1, -0.05) is 40.1 Å². The predicted octanol–water partition coefficient (Wildman–Crippen LogP) is 3.79. The molecule has 0 aromatic heterocycles. The zero-order chi connectivity index (χ0) is 7.68. The topological polar surface area (TPSA) is 0 Å². The largest absolute Gasteiger partial charge is 0.0667 e. The second-order valence-corrected chi connectivity index (χ2v) is 4.50. The molecule has 0 N–H and O–H groups in total. The van der Waals surface area contributed by atoms with Crippen LogP contribution < -0.4 is 0 Å². The van der Waals surface area contributed by atoms with Gasteiger partial charge in [-0.25, -0.2) is 0 Å². The van der Waals surface area contributed by atoms with Crippen molar-refractivity contribution in [3.63, 3.8) is 0 Å². The van der Waals surface area contributed by atoms with E-state index in [9.17, 15) is 0 Å². The lowest BCUT2D eigenvalue weighted by Crippen LogP contribution is -2.14. The molecule has 0 bridgehead atoms. The van der Waals surface area contributed by atoms with Gasteiger partial charge in [-0.15, -0.1) is 0 Å². The smallest absolute Gasteiger partial charge is 0.00462 e. The molecule has 1 heteroatoms. The predicted molar refractivity (Wildman–Crippen MR) is 51.7 cm³/mol. The van der Waals surface area contributed by atoms with Crippen LogP contribution in [0.25, 0.3) is 0 Å². The molecule has 0 saturated heterocycles. The lowest BCUT2D eigenvalue weighted by atomic mass is 9.77. The van der Waals surface area contributed by atoms with E-state index in [1.165, 1.54) is 36.6 Å². The monoisotopic (exact) mass is 212 g/mol. The summed E-state index contributed by atoms with van der Waals surface area (Å²) in [6.07, 6.45) is 11.4. The highest BCUT2D eigenvalue weighted by atomic mass is 79.9. The Bertz CT molecular complexity index is 209. The zero-order valence-electron chi connectivity index (χ0n) is 6.65. The molecule has 1 fully saturated rings. The highest BCUT2D eigenvalue weighted by Crippen LogP contribution is 2.38. The van der Waals surface area contributed by atoms with Crippen molar-refractivity contribution < 1.29 is 0 Å². The highest BCUT2D eigenvalue weighted by Gasteiger charge is 2.22. The Morgan fingerprint density at radius 2 is 2.00 bits per heavy atom. The quantitative estimate of drug-likeness (QED) is 0.621. The van der Waals surface area contributed by atoms with Gasteiger partial charge in [-0.3, -0.25) is 0 Å². The van der Waals surface area contributed by atoms with Crippen molar-refractivity contribution in [3.8, 4) is 0 Å². The summed E-state index contributed by atoms with van der Waals surface area (Å²) in [5.74, 6) is 0.951. The van der Waals surface area contributed by atoms with E-state index in [0.29, 0.717) is 0 Å². The summed E-state index contributed by atoms with van der Waals surface area (Å²) >= 11 is 3.52. The van der Waals surface area contributed by atoms with E-state index in [4.69, 9.17) is 0 Å². The van der Waals surface area contributed by atoms with Gasteiger partial charge in [-0.2, -0.15) is 0 Å². The maximum Gasteiger partial charge on any atom is -0.00462 e. The standard InChI is InChI=1S/C10H13Br/c11-10-6-4-9(5-7-10)8-2-1-3-8/h4,6,8H,1-3,5,7H2. The average Bonchev–Trinajstić information content (AvgIpc) is 1.90. The first kappa shape index (κ1) is 7.60. The van der Waals surface area contributed by atoms with E-state index in [0.717, 1.165) is 5.92 Å². The van der Waals surface area contributed by atoms with Crippen LogP contribution in [-0.4, -0.2) is 0 Å². The van der Waals surface area contributed by atoms with Crippen molar-refractivity contribution in [1.82, 2.24) is 0 Å². The number of hydrogen-bond acceptors (Lipinski definition) is 0. The molecule has 2 rings (SSSR count). The molecular weight excluding hydrogens is 200 g/mol. The van der Waals surface area contributed by atoms with Gasteiger partial charge in [0.2, 0.25) is 0 Å². The molecule has 2 aliphatic rings. The SMILES string of the molecule is BrC1=CC=C(C2CCC2)CC1. The molecule has 60 valence electrons. The Labute approximate surface area is 76.5 Å². The van der Waals surface area contributed by atoms with Crippen LogP contribution >= 0.6 is 15.9 Å². The third-order valence-electron chi connectivity index (χ3n) is 2.76. The Kier molecular flexibility index (Phi) is 2.17. The van der Waals surface area contributed by atoms with Crippen molar-refractivity contribution in [3.05, 3.63) is 22.2 Å². The third-order valence-corrected chi connectivity index (χ3v) is 3.42. The minimum atomic E-state index is 0.951. The van der Waals surface area contributed by atoms with E-state index in [1.54, 1.807) is 5.57 Å². The van der Waals surface area contributed by atoms with Gasteiger partial charge in [-0.05, 0) is 36.1 Å². The summed E-state index contributed by atoms with van der Waals surface area (Å²) in [6, 6.07) is 0. The van der Waals surface area contributed by atoms with Crippen LogP contribution in [0.3, 0.4) is 0 Å². The molecule has 11 heavy (non-hydrogen) atoms. The first-order valence-corrected chi connectivity index (χ1v) is 5.20. The Hall–Kier alpha value is -0.0400.